The Morgan fingerprint density at radius 3 is 2.61 bits per heavy atom. The summed E-state index contributed by atoms with van der Waals surface area (Å²) in [7, 11) is -3.64. The van der Waals surface area contributed by atoms with Crippen molar-refractivity contribution in [2.45, 2.75) is 38.4 Å². The van der Waals surface area contributed by atoms with Gasteiger partial charge in [-0.25, -0.2) is 13.4 Å². The normalized spacial score (nSPS) is 11.9. The number of rotatable bonds is 5. The molecule has 102 valence electrons. The zero-order valence-corrected chi connectivity index (χ0v) is 11.3. The van der Waals surface area contributed by atoms with Crippen LogP contribution in [-0.2, 0) is 9.84 Å². The van der Waals surface area contributed by atoms with E-state index in [-0.39, 0.29) is 23.4 Å². The molecule has 18 heavy (non-hydrogen) atoms. The van der Waals surface area contributed by atoms with Gasteiger partial charge in [-0.2, -0.15) is 8.78 Å². The number of sulfone groups is 1. The Hall–Kier alpha value is -1.24. The average Bonchev–Trinajstić information content (AvgIpc) is 2.59. The number of hydrogen-bond donors (Lipinski definition) is 0. The lowest BCUT2D eigenvalue weighted by atomic mass is 10.4. The smallest absolute Gasteiger partial charge is 0.266 e. The highest BCUT2D eigenvalue weighted by molar-refractivity contribution is 7.91. The Balaban J connectivity index is 3.02. The molecular weight excluding hydrogens is 262 g/mol. The quantitative estimate of drug-likeness (QED) is 0.832. The fraction of sp³-hybridized carbons (Fsp3) is 0.545. The minimum absolute atomic E-state index is 0.0503. The first-order valence-corrected chi connectivity index (χ1v) is 7.18. The molecule has 0 fully saturated rings. The van der Waals surface area contributed by atoms with Gasteiger partial charge in [-0.1, -0.05) is 0 Å². The second-order valence-electron chi connectivity index (χ2n) is 4.25. The van der Waals surface area contributed by atoms with Crippen molar-refractivity contribution in [3.63, 3.8) is 0 Å². The van der Waals surface area contributed by atoms with Gasteiger partial charge in [0.1, 0.15) is 0 Å². The molecule has 7 heteroatoms. The molecule has 0 aliphatic carbocycles. The van der Waals surface area contributed by atoms with Crippen LogP contribution in [0.1, 0.15) is 32.0 Å². The molecule has 1 heterocycles. The number of hydrogen-bond acceptors (Lipinski definition) is 3. The van der Waals surface area contributed by atoms with Crippen LogP contribution in [0.3, 0.4) is 0 Å². The van der Waals surface area contributed by atoms with Crippen LogP contribution in [0, 0.1) is 6.92 Å². The maximum absolute atomic E-state index is 12.0. The van der Waals surface area contributed by atoms with Crippen LogP contribution < -0.4 is 0 Å². The van der Waals surface area contributed by atoms with Crippen molar-refractivity contribution in [2.75, 3.05) is 5.75 Å². The molecule has 0 spiro atoms. The summed E-state index contributed by atoms with van der Waals surface area (Å²) in [5.41, 5.74) is 0.732. The van der Waals surface area contributed by atoms with Gasteiger partial charge in [0.05, 0.1) is 5.75 Å². The second-order valence-corrected chi connectivity index (χ2v) is 6.25. The zero-order chi connectivity index (χ0) is 13.9. The van der Waals surface area contributed by atoms with Crippen LogP contribution in [0.5, 0.6) is 0 Å². The van der Waals surface area contributed by atoms with Crippen molar-refractivity contribution >= 4 is 9.84 Å². The molecule has 0 saturated heterocycles. The maximum atomic E-state index is 12.0. The van der Waals surface area contributed by atoms with E-state index in [1.54, 1.807) is 11.5 Å². The highest BCUT2D eigenvalue weighted by Crippen LogP contribution is 2.19. The topological polar surface area (TPSA) is 52.0 Å². The van der Waals surface area contributed by atoms with Crippen LogP contribution >= 0.6 is 0 Å². The Morgan fingerprint density at radius 2 is 2.11 bits per heavy atom. The van der Waals surface area contributed by atoms with E-state index < -0.39 is 15.9 Å². The van der Waals surface area contributed by atoms with Gasteiger partial charge in [0.2, 0.25) is 15.0 Å². The van der Waals surface area contributed by atoms with Gasteiger partial charge in [-0.3, -0.25) is 0 Å². The van der Waals surface area contributed by atoms with E-state index in [0.717, 1.165) is 5.69 Å². The van der Waals surface area contributed by atoms with Crippen molar-refractivity contribution in [1.29, 1.82) is 0 Å². The van der Waals surface area contributed by atoms with Crippen LogP contribution in [0.25, 0.3) is 0 Å². The largest absolute Gasteiger partial charge is 0.317 e. The number of imidazole rings is 1. The molecular formula is C11H16F2N2O2S. The van der Waals surface area contributed by atoms with Gasteiger partial charge in [0.25, 0.3) is 6.08 Å². The van der Waals surface area contributed by atoms with Gasteiger partial charge in [-0.05, 0) is 33.3 Å². The molecule has 1 rings (SSSR count). The maximum Gasteiger partial charge on any atom is 0.266 e. The Morgan fingerprint density at radius 1 is 1.50 bits per heavy atom. The Bertz CT molecular complexity index is 543. The first-order chi connectivity index (χ1) is 8.25. The van der Waals surface area contributed by atoms with Gasteiger partial charge in [0, 0.05) is 17.9 Å². The van der Waals surface area contributed by atoms with Crippen molar-refractivity contribution in [3.05, 3.63) is 24.0 Å². The molecule has 0 N–H and O–H groups in total. The minimum Gasteiger partial charge on any atom is -0.317 e. The fourth-order valence-electron chi connectivity index (χ4n) is 1.70. The van der Waals surface area contributed by atoms with E-state index in [2.05, 4.69) is 4.98 Å². The molecule has 0 unspecified atom stereocenters. The monoisotopic (exact) mass is 278 g/mol. The highest BCUT2D eigenvalue weighted by atomic mass is 32.2. The van der Waals surface area contributed by atoms with Crippen LogP contribution in [-0.4, -0.2) is 23.7 Å². The van der Waals surface area contributed by atoms with Gasteiger partial charge >= 0.3 is 0 Å². The van der Waals surface area contributed by atoms with Crippen LogP contribution in [0.15, 0.2) is 23.5 Å². The summed E-state index contributed by atoms with van der Waals surface area (Å²) in [6.07, 6.45) is -0.00575. The molecule has 0 aliphatic heterocycles. The number of halogens is 2. The van der Waals surface area contributed by atoms with Gasteiger partial charge in [0.15, 0.2) is 0 Å². The molecule has 0 amide bonds. The molecule has 1 aromatic heterocycles. The van der Waals surface area contributed by atoms with Crippen molar-refractivity contribution in [3.8, 4) is 0 Å². The van der Waals surface area contributed by atoms with E-state index in [0.29, 0.717) is 6.08 Å². The highest BCUT2D eigenvalue weighted by Gasteiger charge is 2.22. The first-order valence-electron chi connectivity index (χ1n) is 5.53. The summed E-state index contributed by atoms with van der Waals surface area (Å²) in [5, 5.41) is -0.0531. The van der Waals surface area contributed by atoms with Gasteiger partial charge < -0.3 is 4.57 Å². The number of nitrogens with zero attached hydrogens (tertiary/aromatic N) is 2. The first kappa shape index (κ1) is 14.8. The minimum atomic E-state index is -3.64. The molecule has 0 aliphatic rings. The molecule has 0 saturated carbocycles. The summed E-state index contributed by atoms with van der Waals surface area (Å²) < 4.78 is 49.3. The third kappa shape index (κ3) is 3.38. The number of aryl methyl sites for hydroxylation is 1. The van der Waals surface area contributed by atoms with E-state index in [9.17, 15) is 17.2 Å². The molecule has 1 aromatic rings. The van der Waals surface area contributed by atoms with E-state index in [4.69, 9.17) is 0 Å². The van der Waals surface area contributed by atoms with Crippen molar-refractivity contribution in [2.24, 2.45) is 0 Å². The van der Waals surface area contributed by atoms with Crippen LogP contribution in [0.2, 0.25) is 0 Å². The molecule has 0 atom stereocenters. The summed E-state index contributed by atoms with van der Waals surface area (Å²) in [5.74, 6) is -0.368. The Labute approximate surface area is 105 Å². The Kier molecular flexibility index (Phi) is 4.61. The summed E-state index contributed by atoms with van der Waals surface area (Å²) in [6, 6.07) is -0.0503. The average molecular weight is 278 g/mol. The van der Waals surface area contributed by atoms with E-state index >= 15 is 0 Å². The standard InChI is InChI=1S/C11H16F2N2O2S/c1-8(2)15-9(3)7-14-11(15)18(16,17)6-4-5-10(12)13/h5,7-8H,4,6H2,1-3H3. The molecule has 4 nitrogen and oxygen atoms in total. The third-order valence-corrected chi connectivity index (χ3v) is 4.06. The van der Waals surface area contributed by atoms with E-state index in [1.165, 1.54) is 6.20 Å². The number of aromatic nitrogens is 2. The lowest BCUT2D eigenvalue weighted by Gasteiger charge is -2.13. The predicted molar refractivity (Wildman–Crippen MR) is 64.3 cm³/mol. The molecule has 0 bridgehead atoms. The van der Waals surface area contributed by atoms with Crippen molar-refractivity contribution < 1.29 is 17.2 Å². The molecule has 0 aromatic carbocycles. The summed E-state index contributed by atoms with van der Waals surface area (Å²) in [4.78, 5) is 3.87. The van der Waals surface area contributed by atoms with Crippen molar-refractivity contribution in [1.82, 2.24) is 9.55 Å². The lowest BCUT2D eigenvalue weighted by Crippen LogP contribution is -2.16. The fourth-order valence-corrected chi connectivity index (χ4v) is 3.18. The van der Waals surface area contributed by atoms with E-state index in [1.807, 2.05) is 13.8 Å². The zero-order valence-electron chi connectivity index (χ0n) is 10.5. The van der Waals surface area contributed by atoms with Crippen LogP contribution in [0.4, 0.5) is 8.78 Å². The third-order valence-electron chi connectivity index (χ3n) is 2.43. The SMILES string of the molecule is Cc1cnc(S(=O)(=O)CCC=C(F)F)n1C(C)C. The predicted octanol–water partition coefficient (Wildman–Crippen LogP) is 2.72. The summed E-state index contributed by atoms with van der Waals surface area (Å²) in [6.45, 7) is 5.44. The molecule has 0 radical (unpaired) electrons. The number of allylic oxidation sites excluding steroid dienone is 1. The summed E-state index contributed by atoms with van der Waals surface area (Å²) >= 11 is 0. The second kappa shape index (κ2) is 5.60. The van der Waals surface area contributed by atoms with Gasteiger partial charge in [-0.15, -0.1) is 0 Å². The lowest BCUT2D eigenvalue weighted by molar-refractivity contribution is 0.418.